The first-order valence-electron chi connectivity index (χ1n) is 8.52. The Balaban J connectivity index is 2.03. The number of nitrogens with one attached hydrogen (secondary N) is 1. The van der Waals surface area contributed by atoms with Gasteiger partial charge in [0.05, 0.1) is 0 Å². The van der Waals surface area contributed by atoms with Crippen molar-refractivity contribution in [3.63, 3.8) is 0 Å². The van der Waals surface area contributed by atoms with Crippen molar-refractivity contribution in [2.75, 3.05) is 32.7 Å². The van der Waals surface area contributed by atoms with Crippen LogP contribution >= 0.6 is 0 Å². The maximum absolute atomic E-state index is 12.9. The van der Waals surface area contributed by atoms with Crippen molar-refractivity contribution in [2.45, 2.75) is 58.4 Å². The molecule has 2 rings (SSSR count). The summed E-state index contributed by atoms with van der Waals surface area (Å²) in [7, 11) is -3.29. The van der Waals surface area contributed by atoms with Gasteiger partial charge >= 0.3 is 0 Å². The Labute approximate surface area is 130 Å². The van der Waals surface area contributed by atoms with Crippen LogP contribution in [0.25, 0.3) is 0 Å². The summed E-state index contributed by atoms with van der Waals surface area (Å²) in [5, 5.41) is 3.47. The Morgan fingerprint density at radius 2 is 2.05 bits per heavy atom. The molecule has 0 aliphatic carbocycles. The summed E-state index contributed by atoms with van der Waals surface area (Å²) >= 11 is 0. The van der Waals surface area contributed by atoms with Gasteiger partial charge in [0.15, 0.2) is 0 Å². The molecule has 0 aromatic heterocycles. The summed E-state index contributed by atoms with van der Waals surface area (Å²) in [6, 6.07) is 0.322. The van der Waals surface area contributed by atoms with E-state index in [0.29, 0.717) is 38.1 Å². The smallest absolute Gasteiger partial charge is 0.282 e. The quantitative estimate of drug-likeness (QED) is 0.813. The molecule has 124 valence electrons. The first kappa shape index (κ1) is 17.2. The highest BCUT2D eigenvalue weighted by Crippen LogP contribution is 2.21. The van der Waals surface area contributed by atoms with Crippen molar-refractivity contribution in [1.29, 1.82) is 0 Å². The van der Waals surface area contributed by atoms with Crippen molar-refractivity contribution in [3.8, 4) is 0 Å². The zero-order valence-electron chi connectivity index (χ0n) is 13.6. The fourth-order valence-corrected chi connectivity index (χ4v) is 5.31. The molecule has 1 N–H and O–H groups in total. The Hall–Kier alpha value is -0.170. The van der Waals surface area contributed by atoms with E-state index in [-0.39, 0.29) is 0 Å². The van der Waals surface area contributed by atoms with Gasteiger partial charge in [-0.1, -0.05) is 20.3 Å². The van der Waals surface area contributed by atoms with Crippen LogP contribution in [0.5, 0.6) is 0 Å². The molecule has 0 aromatic rings. The molecule has 2 atom stereocenters. The minimum absolute atomic E-state index is 0.322. The van der Waals surface area contributed by atoms with Crippen molar-refractivity contribution < 1.29 is 8.42 Å². The normalized spacial score (nSPS) is 28.9. The van der Waals surface area contributed by atoms with Gasteiger partial charge in [0, 0.05) is 32.2 Å². The van der Waals surface area contributed by atoms with Crippen molar-refractivity contribution in [1.82, 2.24) is 13.9 Å². The molecule has 0 amide bonds. The maximum Gasteiger partial charge on any atom is 0.282 e. The molecular formula is C15H31N3O2S. The number of rotatable bonds is 6. The van der Waals surface area contributed by atoms with Crippen LogP contribution in [0.4, 0.5) is 0 Å². The monoisotopic (exact) mass is 317 g/mol. The van der Waals surface area contributed by atoms with Gasteiger partial charge in [-0.2, -0.15) is 17.0 Å². The highest BCUT2D eigenvalue weighted by Gasteiger charge is 2.33. The van der Waals surface area contributed by atoms with E-state index in [4.69, 9.17) is 0 Å². The van der Waals surface area contributed by atoms with Crippen LogP contribution in [-0.2, 0) is 10.2 Å². The minimum atomic E-state index is -3.29. The summed E-state index contributed by atoms with van der Waals surface area (Å²) in [6.45, 7) is 7.84. The van der Waals surface area contributed by atoms with Gasteiger partial charge < -0.3 is 5.32 Å². The van der Waals surface area contributed by atoms with Crippen molar-refractivity contribution >= 4 is 10.2 Å². The minimum Gasteiger partial charge on any atom is -0.313 e. The lowest BCUT2D eigenvalue weighted by molar-refractivity contribution is 0.245. The molecule has 2 unspecified atom stereocenters. The van der Waals surface area contributed by atoms with Gasteiger partial charge in [-0.05, 0) is 44.6 Å². The fraction of sp³-hybridized carbons (Fsp3) is 1.00. The van der Waals surface area contributed by atoms with E-state index in [2.05, 4.69) is 19.2 Å². The van der Waals surface area contributed by atoms with Gasteiger partial charge in [0.25, 0.3) is 10.2 Å². The van der Waals surface area contributed by atoms with Gasteiger partial charge in [0.1, 0.15) is 0 Å². The third kappa shape index (κ3) is 4.65. The lowest BCUT2D eigenvalue weighted by atomic mass is 10.0. The van der Waals surface area contributed by atoms with Crippen molar-refractivity contribution in [2.24, 2.45) is 5.92 Å². The summed E-state index contributed by atoms with van der Waals surface area (Å²) in [4.78, 5) is 0. The van der Waals surface area contributed by atoms with Crippen LogP contribution in [0.3, 0.4) is 0 Å². The topological polar surface area (TPSA) is 52.7 Å². The first-order chi connectivity index (χ1) is 10.0. The number of piperidine rings is 2. The first-order valence-corrected chi connectivity index (χ1v) is 9.92. The van der Waals surface area contributed by atoms with Crippen LogP contribution in [0, 0.1) is 5.92 Å². The molecule has 0 radical (unpaired) electrons. The maximum atomic E-state index is 12.9. The van der Waals surface area contributed by atoms with Gasteiger partial charge in [-0.3, -0.25) is 0 Å². The molecule has 2 saturated heterocycles. The lowest BCUT2D eigenvalue weighted by Gasteiger charge is -2.36. The third-order valence-corrected chi connectivity index (χ3v) is 6.55. The molecule has 0 bridgehead atoms. The van der Waals surface area contributed by atoms with Gasteiger partial charge in [-0.15, -0.1) is 0 Å². The summed E-state index contributed by atoms with van der Waals surface area (Å²) in [6.07, 6.45) is 6.51. The standard InChI is InChI=1S/C15H31N3O2S/c1-3-10-17(13-15-8-4-5-9-16-15)21(19,20)18-11-6-7-14(2)12-18/h14-16H,3-13H2,1-2H3. The van der Waals surface area contributed by atoms with E-state index >= 15 is 0 Å². The second kappa shape index (κ2) is 7.90. The van der Waals surface area contributed by atoms with E-state index in [0.717, 1.165) is 32.2 Å². The lowest BCUT2D eigenvalue weighted by Crippen LogP contribution is -2.52. The second-order valence-corrected chi connectivity index (χ2v) is 8.55. The summed E-state index contributed by atoms with van der Waals surface area (Å²) < 4.78 is 29.3. The fourth-order valence-electron chi connectivity index (χ4n) is 3.40. The Kier molecular flexibility index (Phi) is 6.47. The predicted octanol–water partition coefficient (Wildman–Crippen LogP) is 1.82. The van der Waals surface area contributed by atoms with E-state index < -0.39 is 10.2 Å². The molecule has 6 heteroatoms. The third-order valence-electron chi connectivity index (χ3n) is 4.58. The van der Waals surface area contributed by atoms with E-state index in [1.165, 1.54) is 12.8 Å². The van der Waals surface area contributed by atoms with Crippen molar-refractivity contribution in [3.05, 3.63) is 0 Å². The second-order valence-electron chi connectivity index (χ2n) is 6.62. The van der Waals surface area contributed by atoms with Crippen LogP contribution in [0.2, 0.25) is 0 Å². The van der Waals surface area contributed by atoms with Gasteiger partial charge in [-0.25, -0.2) is 0 Å². The summed E-state index contributed by atoms with van der Waals surface area (Å²) in [5.74, 6) is 0.477. The largest absolute Gasteiger partial charge is 0.313 e. The number of hydrogen-bond acceptors (Lipinski definition) is 3. The Morgan fingerprint density at radius 3 is 2.67 bits per heavy atom. The van der Waals surface area contributed by atoms with Crippen LogP contribution in [-0.4, -0.2) is 55.8 Å². The highest BCUT2D eigenvalue weighted by molar-refractivity contribution is 7.86. The molecule has 2 fully saturated rings. The molecular weight excluding hydrogens is 286 g/mol. The average molecular weight is 317 g/mol. The molecule has 21 heavy (non-hydrogen) atoms. The van der Waals surface area contributed by atoms with E-state index in [1.807, 2.05) is 0 Å². The SMILES string of the molecule is CCCN(CC1CCCCN1)S(=O)(=O)N1CCCC(C)C1. The molecule has 2 aliphatic rings. The molecule has 2 heterocycles. The number of nitrogens with zero attached hydrogens (tertiary/aromatic N) is 2. The van der Waals surface area contributed by atoms with Gasteiger partial charge in [0.2, 0.25) is 0 Å². The van der Waals surface area contributed by atoms with Crippen LogP contribution in [0.15, 0.2) is 0 Å². The molecule has 0 aromatic carbocycles. The van der Waals surface area contributed by atoms with Crippen LogP contribution in [0.1, 0.15) is 52.4 Å². The van der Waals surface area contributed by atoms with E-state index in [9.17, 15) is 8.42 Å². The Bertz CT molecular complexity index is 407. The molecule has 5 nitrogen and oxygen atoms in total. The zero-order chi connectivity index (χ0) is 15.3. The van der Waals surface area contributed by atoms with Crippen LogP contribution < -0.4 is 5.32 Å². The van der Waals surface area contributed by atoms with E-state index in [1.54, 1.807) is 8.61 Å². The highest BCUT2D eigenvalue weighted by atomic mass is 32.2. The zero-order valence-corrected chi connectivity index (χ0v) is 14.4. The molecule has 0 spiro atoms. The molecule has 0 saturated carbocycles. The Morgan fingerprint density at radius 1 is 1.24 bits per heavy atom. The number of hydrogen-bond donors (Lipinski definition) is 1. The average Bonchev–Trinajstić information content (AvgIpc) is 2.48. The predicted molar refractivity (Wildman–Crippen MR) is 86.4 cm³/mol. The summed E-state index contributed by atoms with van der Waals surface area (Å²) in [5.41, 5.74) is 0. The molecule has 2 aliphatic heterocycles.